The number of aromatic amines is 1. The monoisotopic (exact) mass is 468 g/mol. The Bertz CT molecular complexity index is 1390. The molecule has 2 atom stereocenters. The molecule has 2 bridgehead atoms. The van der Waals surface area contributed by atoms with Gasteiger partial charge in [-0.3, -0.25) is 5.10 Å². The van der Waals surface area contributed by atoms with Gasteiger partial charge in [-0.25, -0.2) is 19.8 Å². The van der Waals surface area contributed by atoms with Crippen LogP contribution in [-0.4, -0.2) is 25.1 Å². The lowest BCUT2D eigenvalue weighted by atomic mass is 9.58. The zero-order valence-electron chi connectivity index (χ0n) is 19.0. The van der Waals surface area contributed by atoms with Crippen molar-refractivity contribution in [2.75, 3.05) is 0 Å². The largest absolute Gasteiger partial charge is 0.272 e. The summed E-state index contributed by atoms with van der Waals surface area (Å²) >= 11 is 6.23. The first kappa shape index (κ1) is 21.2. The van der Waals surface area contributed by atoms with Gasteiger partial charge in [-0.1, -0.05) is 42.8 Å². The van der Waals surface area contributed by atoms with E-state index in [2.05, 4.69) is 33.0 Å². The highest BCUT2D eigenvalue weighted by Gasteiger charge is 2.41. The van der Waals surface area contributed by atoms with Gasteiger partial charge in [0.05, 0.1) is 22.7 Å². The van der Waals surface area contributed by atoms with E-state index in [1.165, 1.54) is 25.7 Å². The third-order valence-electron chi connectivity index (χ3n) is 7.96. The highest BCUT2D eigenvalue weighted by atomic mass is 35.5. The molecule has 3 fully saturated rings. The van der Waals surface area contributed by atoms with Crippen LogP contribution in [0.1, 0.15) is 38.3 Å². The van der Waals surface area contributed by atoms with E-state index in [1.54, 1.807) is 6.20 Å². The molecule has 0 aliphatic heterocycles. The zero-order chi connectivity index (χ0) is 23.2. The average molecular weight is 469 g/mol. The van der Waals surface area contributed by atoms with Gasteiger partial charge in [-0.15, -0.1) is 0 Å². The molecule has 0 spiro atoms. The minimum Gasteiger partial charge on any atom is -0.272 e. The molecular formula is C27H25ClN6. The Balaban J connectivity index is 1.45. The van der Waals surface area contributed by atoms with E-state index in [-0.39, 0.29) is 0 Å². The molecule has 170 valence electrons. The molecule has 3 heterocycles. The second kappa shape index (κ2) is 8.48. The molecule has 3 aromatic heterocycles. The number of hydrogen-bond acceptors (Lipinski definition) is 4. The lowest BCUT2D eigenvalue weighted by Gasteiger charge is -2.47. The minimum absolute atomic E-state index is 0.549. The predicted octanol–water partition coefficient (Wildman–Crippen LogP) is 6.90. The molecule has 1 N–H and O–H groups in total. The van der Waals surface area contributed by atoms with Crippen molar-refractivity contribution in [1.29, 1.82) is 0 Å². The van der Waals surface area contributed by atoms with Gasteiger partial charge < -0.3 is 0 Å². The first-order chi connectivity index (χ1) is 16.6. The number of halogens is 1. The number of benzene rings is 1. The molecule has 6 nitrogen and oxygen atoms in total. The van der Waals surface area contributed by atoms with E-state index in [0.29, 0.717) is 28.1 Å². The van der Waals surface area contributed by atoms with Crippen LogP contribution in [0.3, 0.4) is 0 Å². The standard InChI is InChI=1S/C27H25ClN6/c1-15-16-3-5-17(6-4-16)22(15)12-21-13-24(18-7-9-20(29-2)10-8-18)32-27(31-21)25-23-11-19(28)14-30-26(23)34-33-25/h7-11,13-17,22H,3-6,12H2,1H3,(H,30,33,34). The first-order valence-corrected chi connectivity index (χ1v) is 12.3. The molecule has 34 heavy (non-hydrogen) atoms. The second-order valence-corrected chi connectivity index (χ2v) is 10.2. The molecule has 3 aliphatic carbocycles. The van der Waals surface area contributed by atoms with Crippen LogP contribution in [0, 0.1) is 30.2 Å². The molecule has 2 unspecified atom stereocenters. The minimum atomic E-state index is 0.549. The molecule has 7 heteroatoms. The van der Waals surface area contributed by atoms with Crippen molar-refractivity contribution in [2.45, 2.75) is 39.0 Å². The molecule has 0 radical (unpaired) electrons. The SMILES string of the molecule is [C-]#[N+]c1ccc(-c2cc(CC3C4CCC(CC4)C3C)nc(-c3[nH]nc4ncc(Cl)cc34)n2)cc1. The Labute approximate surface area is 203 Å². The molecule has 0 amide bonds. The molecule has 3 aliphatic rings. The molecule has 1 aromatic carbocycles. The fraction of sp³-hybridized carbons (Fsp3) is 0.370. The van der Waals surface area contributed by atoms with Crippen LogP contribution in [0.2, 0.25) is 5.02 Å². The van der Waals surface area contributed by atoms with Crippen molar-refractivity contribution >= 4 is 28.3 Å². The number of fused-ring (bicyclic) bond motifs is 4. The van der Waals surface area contributed by atoms with Crippen molar-refractivity contribution in [3.8, 4) is 22.8 Å². The summed E-state index contributed by atoms with van der Waals surface area (Å²) < 4.78 is 0. The van der Waals surface area contributed by atoms with Gasteiger partial charge in [0, 0.05) is 11.9 Å². The fourth-order valence-corrected chi connectivity index (χ4v) is 6.24. The lowest BCUT2D eigenvalue weighted by Crippen LogP contribution is -2.39. The van der Waals surface area contributed by atoms with Gasteiger partial charge in [-0.2, -0.15) is 5.10 Å². The number of nitrogens with one attached hydrogen (secondary N) is 1. The Kier molecular flexibility index (Phi) is 5.30. The number of pyridine rings is 1. The van der Waals surface area contributed by atoms with E-state index in [1.807, 2.05) is 30.3 Å². The summed E-state index contributed by atoms with van der Waals surface area (Å²) in [7, 11) is 0. The lowest BCUT2D eigenvalue weighted by molar-refractivity contribution is 0.0339. The van der Waals surface area contributed by atoms with Gasteiger partial charge in [0.1, 0.15) is 5.69 Å². The van der Waals surface area contributed by atoms with Crippen LogP contribution < -0.4 is 0 Å². The maximum Gasteiger partial charge on any atom is 0.187 e. The Morgan fingerprint density at radius 1 is 1.06 bits per heavy atom. The number of hydrogen-bond donors (Lipinski definition) is 1. The summed E-state index contributed by atoms with van der Waals surface area (Å²) in [5.74, 6) is 3.62. The van der Waals surface area contributed by atoms with E-state index in [0.717, 1.165) is 52.2 Å². The van der Waals surface area contributed by atoms with Crippen molar-refractivity contribution < 1.29 is 0 Å². The predicted molar refractivity (Wildman–Crippen MR) is 133 cm³/mol. The molecule has 3 saturated carbocycles. The van der Waals surface area contributed by atoms with Gasteiger partial charge in [0.15, 0.2) is 17.2 Å². The van der Waals surface area contributed by atoms with Crippen molar-refractivity contribution in [3.05, 3.63) is 64.7 Å². The fourth-order valence-electron chi connectivity index (χ4n) is 6.08. The van der Waals surface area contributed by atoms with E-state index in [4.69, 9.17) is 28.1 Å². The summed E-state index contributed by atoms with van der Waals surface area (Å²) in [5.41, 5.74) is 4.80. The summed E-state index contributed by atoms with van der Waals surface area (Å²) in [4.78, 5) is 17.8. The Morgan fingerprint density at radius 3 is 2.56 bits per heavy atom. The molecular weight excluding hydrogens is 444 g/mol. The number of H-pyrrole nitrogens is 1. The average Bonchev–Trinajstić information content (AvgIpc) is 3.29. The second-order valence-electron chi connectivity index (χ2n) is 9.75. The van der Waals surface area contributed by atoms with Crippen molar-refractivity contribution in [2.24, 2.45) is 23.7 Å². The summed E-state index contributed by atoms with van der Waals surface area (Å²) in [6.45, 7) is 9.68. The van der Waals surface area contributed by atoms with Gasteiger partial charge in [0.2, 0.25) is 0 Å². The topological polar surface area (TPSA) is 71.7 Å². The quantitative estimate of drug-likeness (QED) is 0.330. The van der Waals surface area contributed by atoms with Crippen molar-refractivity contribution in [1.82, 2.24) is 25.1 Å². The summed E-state index contributed by atoms with van der Waals surface area (Å²) in [5, 5.41) is 8.79. The number of rotatable bonds is 4. The van der Waals surface area contributed by atoms with Gasteiger partial charge in [-0.05, 0) is 73.5 Å². The van der Waals surface area contributed by atoms with Gasteiger partial charge in [0.25, 0.3) is 0 Å². The van der Waals surface area contributed by atoms with Crippen molar-refractivity contribution in [3.63, 3.8) is 0 Å². The highest BCUT2D eigenvalue weighted by Crippen LogP contribution is 2.49. The Morgan fingerprint density at radius 2 is 1.82 bits per heavy atom. The zero-order valence-corrected chi connectivity index (χ0v) is 19.8. The molecule has 7 rings (SSSR count). The first-order valence-electron chi connectivity index (χ1n) is 11.9. The summed E-state index contributed by atoms with van der Waals surface area (Å²) in [6, 6.07) is 11.6. The maximum atomic E-state index is 7.25. The van der Waals surface area contributed by atoms with E-state index >= 15 is 0 Å². The third-order valence-corrected chi connectivity index (χ3v) is 8.16. The highest BCUT2D eigenvalue weighted by molar-refractivity contribution is 6.31. The van der Waals surface area contributed by atoms with E-state index < -0.39 is 0 Å². The van der Waals surface area contributed by atoms with E-state index in [9.17, 15) is 0 Å². The van der Waals surface area contributed by atoms with Crippen LogP contribution in [0.5, 0.6) is 0 Å². The maximum absolute atomic E-state index is 7.25. The number of nitrogens with zero attached hydrogens (tertiary/aromatic N) is 5. The van der Waals surface area contributed by atoms with Crippen LogP contribution in [0.25, 0.3) is 38.7 Å². The number of aromatic nitrogens is 5. The normalized spacial score (nSPS) is 23.8. The smallest absolute Gasteiger partial charge is 0.187 e. The Hall–Kier alpha value is -3.30. The van der Waals surface area contributed by atoms with Crippen LogP contribution in [0.15, 0.2) is 42.6 Å². The van der Waals surface area contributed by atoms with Gasteiger partial charge >= 0.3 is 0 Å². The van der Waals surface area contributed by atoms with Crippen LogP contribution in [0.4, 0.5) is 5.69 Å². The van der Waals surface area contributed by atoms with Crippen LogP contribution >= 0.6 is 11.6 Å². The summed E-state index contributed by atoms with van der Waals surface area (Å²) in [6.07, 6.45) is 8.00. The molecule has 0 saturated heterocycles. The van der Waals surface area contributed by atoms with Crippen LogP contribution in [-0.2, 0) is 6.42 Å². The third kappa shape index (κ3) is 3.74. The molecule has 4 aromatic rings.